The van der Waals surface area contributed by atoms with E-state index >= 15 is 0 Å². The van der Waals surface area contributed by atoms with Gasteiger partial charge in [0.05, 0.1) is 16.3 Å². The molecule has 0 bridgehead atoms. The van der Waals surface area contributed by atoms with Gasteiger partial charge in [-0.2, -0.15) is 0 Å². The zero-order valence-corrected chi connectivity index (χ0v) is 12.4. The molecule has 1 aromatic carbocycles. The summed E-state index contributed by atoms with van der Waals surface area (Å²) in [4.78, 5) is 15.7. The predicted octanol–water partition coefficient (Wildman–Crippen LogP) is 1.85. The zero-order chi connectivity index (χ0) is 15.9. The van der Waals surface area contributed by atoms with Crippen molar-refractivity contribution in [2.24, 2.45) is 5.73 Å². The van der Waals surface area contributed by atoms with Crippen molar-refractivity contribution in [3.63, 3.8) is 0 Å². The molecule has 3 rings (SSSR count). The average molecular weight is 318 g/mol. The van der Waals surface area contributed by atoms with Crippen molar-refractivity contribution in [3.05, 3.63) is 45.6 Å². The second-order valence-electron chi connectivity index (χ2n) is 4.88. The number of hydrogen-bond donors (Lipinski definition) is 2. The molecule has 0 aliphatic heterocycles. The molecule has 0 aliphatic rings. The average Bonchev–Trinajstić information content (AvgIpc) is 2.93. The summed E-state index contributed by atoms with van der Waals surface area (Å²) >= 11 is 5.95. The molecule has 0 radical (unpaired) electrons. The second kappa shape index (κ2) is 5.27. The van der Waals surface area contributed by atoms with Crippen LogP contribution in [0.4, 0.5) is 5.69 Å². The van der Waals surface area contributed by atoms with Crippen LogP contribution in [0.2, 0.25) is 5.02 Å². The third-order valence-electron chi connectivity index (χ3n) is 3.44. The normalized spacial score (nSPS) is 11.0. The molecule has 2 aromatic heterocycles. The lowest BCUT2D eigenvalue weighted by molar-refractivity contribution is 0.100. The molecule has 0 aliphatic carbocycles. The Morgan fingerprint density at radius 3 is 2.86 bits per heavy atom. The largest absolute Gasteiger partial charge is 0.396 e. The molecule has 0 spiro atoms. The molecule has 112 valence electrons. The van der Waals surface area contributed by atoms with Gasteiger partial charge in [0.2, 0.25) is 11.6 Å². The van der Waals surface area contributed by atoms with Crippen molar-refractivity contribution in [2.75, 3.05) is 5.73 Å². The van der Waals surface area contributed by atoms with Gasteiger partial charge < -0.3 is 11.5 Å². The van der Waals surface area contributed by atoms with Crippen LogP contribution in [0.1, 0.15) is 27.2 Å². The van der Waals surface area contributed by atoms with E-state index in [0.29, 0.717) is 28.3 Å². The maximum Gasteiger partial charge on any atom is 0.250 e. The van der Waals surface area contributed by atoms with Crippen LogP contribution in [0.15, 0.2) is 22.8 Å². The number of fused-ring (bicyclic) bond motifs is 1. The van der Waals surface area contributed by atoms with Gasteiger partial charge in [-0.25, -0.2) is 9.61 Å². The first-order chi connectivity index (χ1) is 10.5. The third kappa shape index (κ3) is 2.35. The Bertz CT molecular complexity index is 890. The number of halogens is 1. The van der Waals surface area contributed by atoms with E-state index in [1.807, 2.05) is 6.92 Å². The fourth-order valence-electron chi connectivity index (χ4n) is 2.29. The highest BCUT2D eigenvalue weighted by Gasteiger charge is 2.16. The summed E-state index contributed by atoms with van der Waals surface area (Å²) in [5.41, 5.74) is 15.3. The van der Waals surface area contributed by atoms with Crippen LogP contribution in [0.25, 0.3) is 11.2 Å². The van der Waals surface area contributed by atoms with Gasteiger partial charge in [-0.15, -0.1) is 0 Å². The first kappa shape index (κ1) is 14.3. The Kier molecular flexibility index (Phi) is 3.42. The topological polar surface area (TPSA) is 121 Å². The van der Waals surface area contributed by atoms with Gasteiger partial charge in [-0.05, 0) is 34.9 Å². The standard InChI is InChI=1S/C14H12ClN5O2/c1-6-8(11(16)12-14(18-6)20-22-19-12)4-7-2-3-10(15)9(5-7)13(17)21/h2-3,5H,4,16H2,1H3,(H2,17,21). The number of benzene rings is 1. The van der Waals surface area contributed by atoms with Crippen LogP contribution >= 0.6 is 11.6 Å². The summed E-state index contributed by atoms with van der Waals surface area (Å²) in [5, 5.41) is 7.75. The van der Waals surface area contributed by atoms with Crippen molar-refractivity contribution in [1.82, 2.24) is 15.3 Å². The molecule has 8 heteroatoms. The number of pyridine rings is 1. The lowest BCUT2D eigenvalue weighted by Gasteiger charge is -2.10. The van der Waals surface area contributed by atoms with Crippen molar-refractivity contribution < 1.29 is 9.42 Å². The van der Waals surface area contributed by atoms with Crippen LogP contribution in [0, 0.1) is 6.92 Å². The molecule has 7 nitrogen and oxygen atoms in total. The lowest BCUT2D eigenvalue weighted by atomic mass is 10.00. The Balaban J connectivity index is 2.06. The number of primary amides is 1. The monoisotopic (exact) mass is 317 g/mol. The molecule has 1 amide bonds. The number of hydrogen-bond acceptors (Lipinski definition) is 6. The van der Waals surface area contributed by atoms with E-state index in [1.165, 1.54) is 0 Å². The number of nitrogens with two attached hydrogens (primary N) is 2. The van der Waals surface area contributed by atoms with E-state index in [4.69, 9.17) is 23.1 Å². The quantitative estimate of drug-likeness (QED) is 0.760. The minimum Gasteiger partial charge on any atom is -0.396 e. The van der Waals surface area contributed by atoms with Gasteiger partial charge in [0, 0.05) is 17.7 Å². The SMILES string of the molecule is Cc1nc2nonc2c(N)c1Cc1ccc(Cl)c(C(N)=O)c1. The van der Waals surface area contributed by atoms with E-state index in [-0.39, 0.29) is 5.56 Å². The Morgan fingerprint density at radius 1 is 1.36 bits per heavy atom. The Morgan fingerprint density at radius 2 is 2.14 bits per heavy atom. The highest BCUT2D eigenvalue weighted by Crippen LogP contribution is 2.27. The van der Waals surface area contributed by atoms with E-state index in [9.17, 15) is 4.79 Å². The Labute approximate surface area is 130 Å². The number of anilines is 1. The van der Waals surface area contributed by atoms with E-state index in [0.717, 1.165) is 16.8 Å². The molecule has 0 saturated heterocycles. The summed E-state index contributed by atoms with van der Waals surface area (Å²) in [6.07, 6.45) is 0.463. The third-order valence-corrected chi connectivity index (χ3v) is 3.77. The van der Waals surface area contributed by atoms with Crippen LogP contribution in [0.5, 0.6) is 0 Å². The van der Waals surface area contributed by atoms with E-state index in [1.54, 1.807) is 18.2 Å². The van der Waals surface area contributed by atoms with Crippen molar-refractivity contribution in [3.8, 4) is 0 Å². The fourth-order valence-corrected chi connectivity index (χ4v) is 2.50. The lowest BCUT2D eigenvalue weighted by Crippen LogP contribution is -2.12. The number of carbonyl (C=O) groups excluding carboxylic acids is 1. The maximum absolute atomic E-state index is 11.4. The van der Waals surface area contributed by atoms with Crippen molar-refractivity contribution in [2.45, 2.75) is 13.3 Å². The fraction of sp³-hybridized carbons (Fsp3) is 0.143. The number of amides is 1. The van der Waals surface area contributed by atoms with Gasteiger partial charge in [-0.3, -0.25) is 4.79 Å². The molecule has 22 heavy (non-hydrogen) atoms. The predicted molar refractivity (Wildman–Crippen MR) is 81.5 cm³/mol. The summed E-state index contributed by atoms with van der Waals surface area (Å²) in [7, 11) is 0. The summed E-state index contributed by atoms with van der Waals surface area (Å²) < 4.78 is 4.65. The van der Waals surface area contributed by atoms with Crippen LogP contribution in [-0.4, -0.2) is 21.2 Å². The molecule has 3 aromatic rings. The number of nitrogens with zero attached hydrogens (tertiary/aromatic N) is 3. The summed E-state index contributed by atoms with van der Waals surface area (Å²) in [6, 6.07) is 5.08. The van der Waals surface area contributed by atoms with Gasteiger partial charge in [0.1, 0.15) is 0 Å². The van der Waals surface area contributed by atoms with Crippen LogP contribution in [0.3, 0.4) is 0 Å². The van der Waals surface area contributed by atoms with E-state index in [2.05, 4.69) is 19.9 Å². The summed E-state index contributed by atoms with van der Waals surface area (Å²) in [5.74, 6) is -0.578. The number of aryl methyl sites for hydroxylation is 1. The van der Waals surface area contributed by atoms with E-state index < -0.39 is 5.91 Å². The highest BCUT2D eigenvalue weighted by molar-refractivity contribution is 6.33. The zero-order valence-electron chi connectivity index (χ0n) is 11.6. The highest BCUT2D eigenvalue weighted by atomic mass is 35.5. The molecule has 4 N–H and O–H groups in total. The minimum atomic E-state index is -0.578. The Hall–Kier alpha value is -2.67. The molecule has 0 unspecified atom stereocenters. The van der Waals surface area contributed by atoms with Gasteiger partial charge in [0.25, 0.3) is 0 Å². The molecular formula is C14H12ClN5O2. The molecule has 0 fully saturated rings. The molecule has 0 saturated carbocycles. The van der Waals surface area contributed by atoms with Crippen molar-refractivity contribution >= 4 is 34.4 Å². The molecular weight excluding hydrogens is 306 g/mol. The minimum absolute atomic E-state index is 0.271. The summed E-state index contributed by atoms with van der Waals surface area (Å²) in [6.45, 7) is 1.82. The first-order valence-corrected chi connectivity index (χ1v) is 6.80. The second-order valence-corrected chi connectivity index (χ2v) is 5.29. The van der Waals surface area contributed by atoms with Gasteiger partial charge in [0.15, 0.2) is 5.52 Å². The first-order valence-electron chi connectivity index (χ1n) is 6.43. The molecule has 0 atom stereocenters. The van der Waals surface area contributed by atoms with Crippen LogP contribution < -0.4 is 11.5 Å². The number of aromatic nitrogens is 3. The van der Waals surface area contributed by atoms with Gasteiger partial charge >= 0.3 is 0 Å². The van der Waals surface area contributed by atoms with Crippen LogP contribution in [-0.2, 0) is 6.42 Å². The van der Waals surface area contributed by atoms with Crippen molar-refractivity contribution in [1.29, 1.82) is 0 Å². The molecule has 2 heterocycles. The number of carbonyl (C=O) groups is 1. The maximum atomic E-state index is 11.4. The number of nitrogen functional groups attached to an aromatic ring is 1. The van der Waals surface area contributed by atoms with Gasteiger partial charge in [-0.1, -0.05) is 17.7 Å². The number of rotatable bonds is 3. The smallest absolute Gasteiger partial charge is 0.250 e.